The van der Waals surface area contributed by atoms with Crippen molar-refractivity contribution in [3.63, 3.8) is 0 Å². The maximum absolute atomic E-state index is 12.9. The predicted octanol–water partition coefficient (Wildman–Crippen LogP) is 2.23. The van der Waals surface area contributed by atoms with Crippen molar-refractivity contribution >= 4 is 11.8 Å². The van der Waals surface area contributed by atoms with E-state index < -0.39 is 17.6 Å². The second kappa shape index (κ2) is 9.11. The molecule has 2 aliphatic rings. The maximum atomic E-state index is 12.9. The van der Waals surface area contributed by atoms with Crippen molar-refractivity contribution in [2.24, 2.45) is 5.73 Å². The molecule has 2 aromatic rings. The summed E-state index contributed by atoms with van der Waals surface area (Å²) < 4.78 is 5.95. The summed E-state index contributed by atoms with van der Waals surface area (Å²) in [6.45, 7) is 1.21. The van der Waals surface area contributed by atoms with Crippen molar-refractivity contribution in [2.75, 3.05) is 19.7 Å². The molecule has 1 saturated carbocycles. The Hall–Kier alpha value is -2.84. The summed E-state index contributed by atoms with van der Waals surface area (Å²) >= 11 is 0. The lowest BCUT2D eigenvalue weighted by Crippen LogP contribution is -2.46. The molecule has 1 aromatic carbocycles. The summed E-state index contributed by atoms with van der Waals surface area (Å²) in [6.07, 6.45) is 7.27. The van der Waals surface area contributed by atoms with E-state index in [0.717, 1.165) is 19.3 Å². The van der Waals surface area contributed by atoms with Gasteiger partial charge in [-0.1, -0.05) is 31.4 Å². The average Bonchev–Trinajstić information content (AvgIpc) is 2.79. The number of rotatable bonds is 5. The van der Waals surface area contributed by atoms with Gasteiger partial charge in [-0.15, -0.1) is 0 Å². The maximum Gasteiger partial charge on any atom is 0.248 e. The molecule has 1 saturated heterocycles. The second-order valence-corrected chi connectivity index (χ2v) is 8.40. The number of amides is 2. The van der Waals surface area contributed by atoms with Gasteiger partial charge >= 0.3 is 0 Å². The Kier molecular flexibility index (Phi) is 6.29. The molecule has 8 nitrogen and oxygen atoms in total. The van der Waals surface area contributed by atoms with E-state index in [4.69, 9.17) is 10.5 Å². The van der Waals surface area contributed by atoms with E-state index in [9.17, 15) is 14.7 Å². The minimum absolute atomic E-state index is 0.0566. The molecule has 31 heavy (non-hydrogen) atoms. The highest BCUT2D eigenvalue weighted by molar-refractivity contribution is 5.94. The molecule has 0 unspecified atom stereocenters. The fourth-order valence-electron chi connectivity index (χ4n) is 4.45. The number of nitrogens with zero attached hydrogens (tertiary/aromatic N) is 3. The normalized spacial score (nSPS) is 20.9. The van der Waals surface area contributed by atoms with Gasteiger partial charge in [-0.05, 0) is 25.0 Å². The molecule has 1 aliphatic heterocycles. The molecular weight excluding hydrogens is 396 g/mol. The third-order valence-electron chi connectivity index (χ3n) is 6.14. The van der Waals surface area contributed by atoms with Crippen LogP contribution in [0.3, 0.4) is 0 Å². The smallest absolute Gasteiger partial charge is 0.248 e. The van der Waals surface area contributed by atoms with Crippen LogP contribution in [0.4, 0.5) is 0 Å². The minimum atomic E-state index is -0.893. The molecule has 2 amide bonds. The van der Waals surface area contributed by atoms with E-state index in [1.54, 1.807) is 35.5 Å². The summed E-state index contributed by atoms with van der Waals surface area (Å²) in [5, 5.41) is 10.8. The lowest BCUT2D eigenvalue weighted by atomic mass is 9.82. The fraction of sp³-hybridized carbons (Fsp3) is 0.478. The monoisotopic (exact) mass is 424 g/mol. The highest BCUT2D eigenvalue weighted by Gasteiger charge is 2.35. The van der Waals surface area contributed by atoms with Gasteiger partial charge in [0.15, 0.2) is 0 Å². The summed E-state index contributed by atoms with van der Waals surface area (Å²) in [4.78, 5) is 35.2. The number of aromatic nitrogens is 2. The summed E-state index contributed by atoms with van der Waals surface area (Å²) in [5.74, 6) is -0.572. The highest BCUT2D eigenvalue weighted by Crippen LogP contribution is 2.33. The molecule has 0 bridgehead atoms. The second-order valence-electron chi connectivity index (χ2n) is 8.40. The van der Waals surface area contributed by atoms with Crippen LogP contribution in [-0.2, 0) is 9.53 Å². The number of hydrogen-bond donors (Lipinski definition) is 2. The lowest BCUT2D eigenvalue weighted by Gasteiger charge is -2.37. The third kappa shape index (κ3) is 4.91. The SMILES string of the molecule is NC(=O)c1cccc(-c2nccnc2[C@@H]2CN(C(=O)CC3(O)CCCCC3)CCO2)c1. The predicted molar refractivity (Wildman–Crippen MR) is 114 cm³/mol. The van der Waals surface area contributed by atoms with Crippen LogP contribution in [0.5, 0.6) is 0 Å². The molecule has 1 aromatic heterocycles. The van der Waals surface area contributed by atoms with Crippen LogP contribution in [0.2, 0.25) is 0 Å². The van der Waals surface area contributed by atoms with Crippen molar-refractivity contribution < 1.29 is 19.4 Å². The summed E-state index contributed by atoms with van der Waals surface area (Å²) in [7, 11) is 0. The Morgan fingerprint density at radius 3 is 2.74 bits per heavy atom. The first-order valence-electron chi connectivity index (χ1n) is 10.8. The van der Waals surface area contributed by atoms with Gasteiger partial charge in [0.25, 0.3) is 0 Å². The number of morpholine rings is 1. The number of ether oxygens (including phenoxy) is 1. The average molecular weight is 425 g/mol. The number of benzene rings is 1. The van der Waals surface area contributed by atoms with Crippen molar-refractivity contribution in [1.82, 2.24) is 14.9 Å². The Bertz CT molecular complexity index is 958. The van der Waals surface area contributed by atoms with Crippen LogP contribution < -0.4 is 5.73 Å². The minimum Gasteiger partial charge on any atom is -0.389 e. The number of hydrogen-bond acceptors (Lipinski definition) is 6. The van der Waals surface area contributed by atoms with Crippen LogP contribution in [0.1, 0.15) is 60.7 Å². The van der Waals surface area contributed by atoms with Gasteiger partial charge in [0.1, 0.15) is 6.10 Å². The first kappa shape index (κ1) is 21.4. The Balaban J connectivity index is 1.53. The number of primary amides is 1. The van der Waals surface area contributed by atoms with Crippen molar-refractivity contribution in [1.29, 1.82) is 0 Å². The molecule has 2 heterocycles. The molecule has 1 atom stereocenters. The Morgan fingerprint density at radius 1 is 1.19 bits per heavy atom. The standard InChI is InChI=1S/C23H28N4O4/c24-22(29)17-6-4-5-16(13-17)20-21(26-10-9-25-20)18-15-27(11-12-31-18)19(28)14-23(30)7-2-1-3-8-23/h4-6,9-10,13,18,30H,1-3,7-8,11-12,14-15H2,(H2,24,29)/t18-/m0/s1. The van der Waals surface area contributed by atoms with Crippen LogP contribution in [0.25, 0.3) is 11.3 Å². The molecule has 164 valence electrons. The fourth-order valence-corrected chi connectivity index (χ4v) is 4.45. The quantitative estimate of drug-likeness (QED) is 0.760. The zero-order valence-corrected chi connectivity index (χ0v) is 17.5. The topological polar surface area (TPSA) is 119 Å². The first-order valence-corrected chi connectivity index (χ1v) is 10.8. The number of carbonyl (C=O) groups is 2. The Labute approximate surface area is 181 Å². The van der Waals surface area contributed by atoms with Gasteiger partial charge in [-0.3, -0.25) is 19.6 Å². The molecule has 8 heteroatoms. The molecule has 2 fully saturated rings. The van der Waals surface area contributed by atoms with Crippen LogP contribution in [0, 0.1) is 0 Å². The molecule has 4 rings (SSSR count). The van der Waals surface area contributed by atoms with Crippen molar-refractivity contribution in [2.45, 2.75) is 50.2 Å². The van der Waals surface area contributed by atoms with Gasteiger partial charge in [-0.25, -0.2) is 0 Å². The van der Waals surface area contributed by atoms with E-state index >= 15 is 0 Å². The molecule has 3 N–H and O–H groups in total. The zero-order valence-electron chi connectivity index (χ0n) is 17.5. The van der Waals surface area contributed by atoms with E-state index in [1.807, 2.05) is 6.07 Å². The molecular formula is C23H28N4O4. The largest absolute Gasteiger partial charge is 0.389 e. The van der Waals surface area contributed by atoms with Gasteiger partial charge in [-0.2, -0.15) is 0 Å². The third-order valence-corrected chi connectivity index (χ3v) is 6.14. The number of aliphatic hydroxyl groups is 1. The first-order chi connectivity index (χ1) is 15.0. The summed E-state index contributed by atoms with van der Waals surface area (Å²) in [5.41, 5.74) is 6.82. The van der Waals surface area contributed by atoms with Crippen molar-refractivity contribution in [3.8, 4) is 11.3 Å². The molecule has 0 radical (unpaired) electrons. The van der Waals surface area contributed by atoms with Crippen molar-refractivity contribution in [3.05, 3.63) is 47.9 Å². The van der Waals surface area contributed by atoms with Gasteiger partial charge in [0, 0.05) is 30.1 Å². The lowest BCUT2D eigenvalue weighted by molar-refractivity contribution is -0.145. The van der Waals surface area contributed by atoms with E-state index in [-0.39, 0.29) is 12.3 Å². The van der Waals surface area contributed by atoms with Crippen LogP contribution >= 0.6 is 0 Å². The number of carbonyl (C=O) groups excluding carboxylic acids is 2. The molecule has 0 spiro atoms. The van der Waals surface area contributed by atoms with Gasteiger partial charge < -0.3 is 20.5 Å². The van der Waals surface area contributed by atoms with E-state index in [2.05, 4.69) is 9.97 Å². The van der Waals surface area contributed by atoms with E-state index in [0.29, 0.717) is 55.1 Å². The zero-order chi connectivity index (χ0) is 21.8. The van der Waals surface area contributed by atoms with Gasteiger partial charge in [0.2, 0.25) is 11.8 Å². The Morgan fingerprint density at radius 2 is 1.97 bits per heavy atom. The highest BCUT2D eigenvalue weighted by atomic mass is 16.5. The number of nitrogens with two attached hydrogens (primary N) is 1. The van der Waals surface area contributed by atoms with Crippen LogP contribution in [0.15, 0.2) is 36.7 Å². The van der Waals surface area contributed by atoms with E-state index in [1.165, 1.54) is 0 Å². The molecule has 1 aliphatic carbocycles. The summed E-state index contributed by atoms with van der Waals surface area (Å²) in [6, 6.07) is 6.91. The van der Waals surface area contributed by atoms with Crippen LogP contribution in [-0.4, -0.2) is 57.1 Å². The van der Waals surface area contributed by atoms with Gasteiger partial charge in [0.05, 0.1) is 36.6 Å².